The van der Waals surface area contributed by atoms with Crippen LogP contribution in [0.5, 0.6) is 0 Å². The number of ether oxygens (including phenoxy) is 1. The summed E-state index contributed by atoms with van der Waals surface area (Å²) < 4.78 is 5.62. The smallest absolute Gasteiger partial charge is 0.407 e. The van der Waals surface area contributed by atoms with Crippen LogP contribution in [0.15, 0.2) is 48.5 Å². The van der Waals surface area contributed by atoms with E-state index < -0.39 is 30.6 Å². The second kappa shape index (κ2) is 11.2. The van der Waals surface area contributed by atoms with E-state index in [0.717, 1.165) is 28.7 Å². The lowest BCUT2D eigenvalue weighted by atomic mass is 9.98. The predicted octanol–water partition coefficient (Wildman–Crippen LogP) is 4.65. The Morgan fingerprint density at radius 1 is 1.00 bits per heavy atom. The molecule has 1 aliphatic carbocycles. The second-order valence-corrected chi connectivity index (χ2v) is 9.23. The standard InChI is InChI=1S/C27H34N2O5/c1-5-18(4)14-24(26(32)29(17(2)3)15-25(30)31)28-27(33)34-16-23-21-12-8-6-10-19(21)20-11-7-9-13-22(20)23/h6-13,17-18,23-24H,5,14-16H2,1-4H3,(H,28,33)(H,30,31). The first-order chi connectivity index (χ1) is 16.2. The molecule has 0 spiro atoms. The van der Waals surface area contributed by atoms with E-state index in [1.54, 1.807) is 13.8 Å². The number of carbonyl (C=O) groups is 3. The fourth-order valence-electron chi connectivity index (χ4n) is 4.43. The molecule has 2 N–H and O–H groups in total. The Morgan fingerprint density at radius 2 is 1.56 bits per heavy atom. The third-order valence-electron chi connectivity index (χ3n) is 6.48. The van der Waals surface area contributed by atoms with Crippen molar-refractivity contribution < 1.29 is 24.2 Å². The molecule has 0 aliphatic heterocycles. The summed E-state index contributed by atoms with van der Waals surface area (Å²) in [5.41, 5.74) is 4.49. The molecule has 2 aromatic rings. The highest BCUT2D eigenvalue weighted by Gasteiger charge is 2.32. The van der Waals surface area contributed by atoms with Crippen LogP contribution in [0.3, 0.4) is 0 Å². The fourth-order valence-corrected chi connectivity index (χ4v) is 4.43. The largest absolute Gasteiger partial charge is 0.480 e. The second-order valence-electron chi connectivity index (χ2n) is 9.23. The van der Waals surface area contributed by atoms with Gasteiger partial charge in [0.25, 0.3) is 0 Å². The molecule has 0 aromatic heterocycles. The number of nitrogens with zero attached hydrogens (tertiary/aromatic N) is 1. The van der Waals surface area contributed by atoms with E-state index in [9.17, 15) is 19.5 Å². The van der Waals surface area contributed by atoms with Crippen molar-refractivity contribution in [2.75, 3.05) is 13.2 Å². The first kappa shape index (κ1) is 25.3. The number of alkyl carbamates (subject to hydrolysis) is 1. The van der Waals surface area contributed by atoms with Gasteiger partial charge in [0.15, 0.2) is 0 Å². The van der Waals surface area contributed by atoms with Crippen molar-refractivity contribution >= 4 is 18.0 Å². The van der Waals surface area contributed by atoms with E-state index in [1.165, 1.54) is 4.90 Å². The number of benzene rings is 2. The van der Waals surface area contributed by atoms with Gasteiger partial charge in [-0.15, -0.1) is 0 Å². The van der Waals surface area contributed by atoms with Gasteiger partial charge < -0.3 is 20.1 Å². The molecule has 3 rings (SSSR count). The number of amides is 2. The SMILES string of the molecule is CCC(C)CC(NC(=O)OCC1c2ccccc2-c2ccccc21)C(=O)N(CC(=O)O)C(C)C. The van der Waals surface area contributed by atoms with Gasteiger partial charge in [-0.2, -0.15) is 0 Å². The van der Waals surface area contributed by atoms with Gasteiger partial charge >= 0.3 is 12.1 Å². The first-order valence-electron chi connectivity index (χ1n) is 11.9. The average molecular weight is 467 g/mol. The Kier molecular flexibility index (Phi) is 8.31. The van der Waals surface area contributed by atoms with Gasteiger partial charge in [0.05, 0.1) is 0 Å². The maximum absolute atomic E-state index is 13.2. The molecule has 2 unspecified atom stereocenters. The molecule has 182 valence electrons. The number of carboxylic acid groups (broad SMARTS) is 1. The van der Waals surface area contributed by atoms with E-state index in [4.69, 9.17) is 4.74 Å². The Morgan fingerprint density at radius 3 is 2.06 bits per heavy atom. The fraction of sp³-hybridized carbons (Fsp3) is 0.444. The third kappa shape index (κ3) is 5.76. The number of carbonyl (C=O) groups excluding carboxylic acids is 2. The summed E-state index contributed by atoms with van der Waals surface area (Å²) in [5.74, 6) is -1.42. The van der Waals surface area contributed by atoms with Gasteiger partial charge in [0.2, 0.25) is 5.91 Å². The normalized spacial score (nSPS) is 14.1. The van der Waals surface area contributed by atoms with Gasteiger partial charge in [-0.1, -0.05) is 68.8 Å². The minimum atomic E-state index is -1.09. The van der Waals surface area contributed by atoms with Crippen LogP contribution < -0.4 is 5.32 Å². The number of hydrogen-bond acceptors (Lipinski definition) is 4. The topological polar surface area (TPSA) is 95.9 Å². The van der Waals surface area contributed by atoms with Crippen molar-refractivity contribution in [3.05, 3.63) is 59.7 Å². The number of aliphatic carboxylic acids is 1. The van der Waals surface area contributed by atoms with E-state index >= 15 is 0 Å². The van der Waals surface area contributed by atoms with Crippen LogP contribution in [0.25, 0.3) is 11.1 Å². The summed E-state index contributed by atoms with van der Waals surface area (Å²) in [4.78, 5) is 38.6. The number of hydrogen-bond donors (Lipinski definition) is 2. The van der Waals surface area contributed by atoms with Crippen molar-refractivity contribution in [3.8, 4) is 11.1 Å². The molecule has 2 amide bonds. The summed E-state index contributed by atoms with van der Waals surface area (Å²) in [6.07, 6.45) is 0.557. The Bertz CT molecular complexity index is 990. The maximum atomic E-state index is 13.2. The zero-order valence-corrected chi connectivity index (χ0v) is 20.3. The molecular weight excluding hydrogens is 432 g/mol. The summed E-state index contributed by atoms with van der Waals surface area (Å²) in [7, 11) is 0. The van der Waals surface area contributed by atoms with Crippen LogP contribution in [0.2, 0.25) is 0 Å². The van der Waals surface area contributed by atoms with E-state index in [1.807, 2.05) is 50.2 Å². The molecule has 1 aliphatic rings. The van der Waals surface area contributed by atoms with E-state index in [0.29, 0.717) is 6.42 Å². The lowest BCUT2D eigenvalue weighted by Gasteiger charge is -2.30. The number of fused-ring (bicyclic) bond motifs is 3. The van der Waals surface area contributed by atoms with Gasteiger partial charge in [-0.25, -0.2) is 4.79 Å². The van der Waals surface area contributed by atoms with E-state index in [-0.39, 0.29) is 24.5 Å². The summed E-state index contributed by atoms with van der Waals surface area (Å²) in [6.45, 7) is 7.25. The van der Waals surface area contributed by atoms with Crippen molar-refractivity contribution in [2.24, 2.45) is 5.92 Å². The Labute approximate surface area is 201 Å². The molecule has 2 atom stereocenters. The minimum absolute atomic E-state index is 0.0824. The number of nitrogens with one attached hydrogen (secondary N) is 1. The third-order valence-corrected chi connectivity index (χ3v) is 6.48. The molecule has 2 aromatic carbocycles. The summed E-state index contributed by atoms with van der Waals surface area (Å²) in [6, 6.07) is 15.0. The molecule has 0 saturated heterocycles. The Hall–Kier alpha value is -3.35. The van der Waals surface area contributed by atoms with Crippen LogP contribution >= 0.6 is 0 Å². The highest BCUT2D eigenvalue weighted by Crippen LogP contribution is 2.44. The van der Waals surface area contributed by atoms with E-state index in [2.05, 4.69) is 17.4 Å². The van der Waals surface area contributed by atoms with Crippen molar-refractivity contribution in [1.29, 1.82) is 0 Å². The minimum Gasteiger partial charge on any atom is -0.480 e. The van der Waals surface area contributed by atoms with Gasteiger partial charge in [-0.05, 0) is 48.4 Å². The van der Waals surface area contributed by atoms with Crippen LogP contribution in [0.4, 0.5) is 4.79 Å². The van der Waals surface area contributed by atoms with Crippen LogP contribution in [-0.4, -0.2) is 53.2 Å². The maximum Gasteiger partial charge on any atom is 0.407 e. The van der Waals surface area contributed by atoms with Gasteiger partial charge in [0, 0.05) is 12.0 Å². The van der Waals surface area contributed by atoms with Crippen LogP contribution in [0.1, 0.15) is 57.6 Å². The quantitative estimate of drug-likeness (QED) is 0.531. The summed E-state index contributed by atoms with van der Waals surface area (Å²) in [5, 5.41) is 12.0. The first-order valence-corrected chi connectivity index (χ1v) is 11.9. The number of rotatable bonds is 10. The molecule has 7 nitrogen and oxygen atoms in total. The molecular formula is C27H34N2O5. The molecule has 0 fully saturated rings. The zero-order valence-electron chi connectivity index (χ0n) is 20.3. The Balaban J connectivity index is 1.72. The molecule has 7 heteroatoms. The van der Waals surface area contributed by atoms with Crippen LogP contribution in [0, 0.1) is 5.92 Å². The predicted molar refractivity (Wildman–Crippen MR) is 131 cm³/mol. The van der Waals surface area contributed by atoms with Crippen molar-refractivity contribution in [1.82, 2.24) is 10.2 Å². The van der Waals surface area contributed by atoms with Crippen molar-refractivity contribution in [2.45, 2.75) is 58.5 Å². The lowest BCUT2D eigenvalue weighted by molar-refractivity contribution is -0.146. The number of carboxylic acids is 1. The molecule has 0 saturated carbocycles. The van der Waals surface area contributed by atoms with Gasteiger partial charge in [0.1, 0.15) is 19.2 Å². The molecule has 0 bridgehead atoms. The lowest BCUT2D eigenvalue weighted by Crippen LogP contribution is -2.52. The molecule has 34 heavy (non-hydrogen) atoms. The zero-order chi connectivity index (χ0) is 24.8. The summed E-state index contributed by atoms with van der Waals surface area (Å²) >= 11 is 0. The monoisotopic (exact) mass is 466 g/mol. The van der Waals surface area contributed by atoms with Gasteiger partial charge in [-0.3, -0.25) is 9.59 Å². The molecule has 0 heterocycles. The highest BCUT2D eigenvalue weighted by atomic mass is 16.5. The molecule has 0 radical (unpaired) electrons. The highest BCUT2D eigenvalue weighted by molar-refractivity contribution is 5.88. The van der Waals surface area contributed by atoms with Crippen LogP contribution in [-0.2, 0) is 14.3 Å². The average Bonchev–Trinajstić information content (AvgIpc) is 3.13. The van der Waals surface area contributed by atoms with Crippen molar-refractivity contribution in [3.63, 3.8) is 0 Å².